The van der Waals surface area contributed by atoms with Crippen LogP contribution in [-0.4, -0.2) is 81.3 Å². The lowest BCUT2D eigenvalue weighted by Gasteiger charge is -2.38. The van der Waals surface area contributed by atoms with Gasteiger partial charge < -0.3 is 29.7 Å². The van der Waals surface area contributed by atoms with Crippen molar-refractivity contribution in [3.8, 4) is 11.5 Å². The zero-order chi connectivity index (χ0) is 31.3. The van der Waals surface area contributed by atoms with Gasteiger partial charge in [-0.15, -0.1) is 0 Å². The topological polar surface area (TPSA) is 138 Å². The van der Waals surface area contributed by atoms with E-state index in [0.29, 0.717) is 11.4 Å². The van der Waals surface area contributed by atoms with Gasteiger partial charge in [0.15, 0.2) is 0 Å². The van der Waals surface area contributed by atoms with Crippen molar-refractivity contribution in [1.29, 1.82) is 0 Å². The molecule has 1 aliphatic heterocycles. The number of likely N-dealkylation sites (N-methyl/N-ethyl adjacent to an activating group) is 1. The number of benzene rings is 3. The van der Waals surface area contributed by atoms with Crippen LogP contribution in [0.1, 0.15) is 24.2 Å². The number of sulfonamides is 1. The number of carbonyl (C=O) groups excluding carboxylic acids is 2. The summed E-state index contributed by atoms with van der Waals surface area (Å²) in [6, 6.07) is 14.6. The van der Waals surface area contributed by atoms with Gasteiger partial charge in [0.1, 0.15) is 23.4 Å². The highest BCUT2D eigenvalue weighted by Gasteiger charge is 2.34. The Morgan fingerprint density at radius 3 is 2.42 bits per heavy atom. The second kappa shape index (κ2) is 13.3. The molecule has 0 aliphatic carbocycles. The molecular formula is C30H35FN4O7S. The number of amides is 3. The van der Waals surface area contributed by atoms with Crippen LogP contribution < -0.4 is 19.5 Å². The van der Waals surface area contributed by atoms with E-state index in [1.165, 1.54) is 28.0 Å². The number of halogens is 1. The maximum absolute atomic E-state index is 13.7. The predicted octanol–water partition coefficient (Wildman–Crippen LogP) is 4.02. The molecule has 43 heavy (non-hydrogen) atoms. The maximum Gasteiger partial charge on any atom is 0.321 e. The first-order valence-corrected chi connectivity index (χ1v) is 15.1. The average Bonchev–Trinajstić information content (AvgIpc) is 2.99. The zero-order valence-electron chi connectivity index (χ0n) is 24.3. The molecule has 11 nitrogen and oxygen atoms in total. The van der Waals surface area contributed by atoms with Crippen LogP contribution in [-0.2, 0) is 10.0 Å². The number of aliphatic hydroxyl groups excluding tert-OH is 1. The SMILES string of the molecule is COc1ccc(NC(=O)N(C)C[C@H]2Oc3ccc(NS(=O)(=O)c4ccc(F)cc4)cc3C(=O)N([C@H](C)CO)C[C@@H]2C)cc1. The van der Waals surface area contributed by atoms with Crippen molar-refractivity contribution >= 4 is 33.3 Å². The standard InChI is InChI=1S/C30H35FN4O7S/c1-19-16-35(20(2)18-36)29(37)26-15-23(33-43(39,40)25-12-5-21(31)6-13-25)9-14-27(26)42-28(19)17-34(3)30(38)32-22-7-10-24(41-4)11-8-22/h5-15,19-20,28,33,36H,16-18H2,1-4H3,(H,32,38)/t19-,20+,28+/m0/s1. The number of nitrogens with zero attached hydrogens (tertiary/aromatic N) is 2. The first-order chi connectivity index (χ1) is 20.4. The van der Waals surface area contributed by atoms with Crippen LogP contribution in [0.3, 0.4) is 0 Å². The fourth-order valence-electron chi connectivity index (χ4n) is 4.58. The number of hydrogen-bond donors (Lipinski definition) is 3. The maximum atomic E-state index is 13.7. The molecule has 3 aromatic rings. The summed E-state index contributed by atoms with van der Waals surface area (Å²) < 4.78 is 53.0. The van der Waals surface area contributed by atoms with Crippen molar-refractivity contribution in [3.63, 3.8) is 0 Å². The Bertz CT molecular complexity index is 1550. The Morgan fingerprint density at radius 2 is 1.79 bits per heavy atom. The van der Waals surface area contributed by atoms with E-state index >= 15 is 0 Å². The van der Waals surface area contributed by atoms with Crippen molar-refractivity contribution in [2.24, 2.45) is 5.92 Å². The van der Waals surface area contributed by atoms with Gasteiger partial charge in [-0.05, 0) is 73.7 Å². The van der Waals surface area contributed by atoms with E-state index in [1.807, 2.05) is 6.92 Å². The number of nitrogens with one attached hydrogen (secondary N) is 2. The van der Waals surface area contributed by atoms with Crippen molar-refractivity contribution in [1.82, 2.24) is 9.80 Å². The van der Waals surface area contributed by atoms with Crippen LogP contribution in [0, 0.1) is 11.7 Å². The minimum absolute atomic E-state index is 0.0850. The molecule has 0 bridgehead atoms. The molecule has 0 fully saturated rings. The number of ether oxygens (including phenoxy) is 2. The smallest absolute Gasteiger partial charge is 0.321 e. The first-order valence-electron chi connectivity index (χ1n) is 13.6. The van der Waals surface area contributed by atoms with E-state index in [2.05, 4.69) is 10.0 Å². The molecule has 0 saturated carbocycles. The fourth-order valence-corrected chi connectivity index (χ4v) is 5.63. The van der Waals surface area contributed by atoms with Gasteiger partial charge in [0.2, 0.25) is 0 Å². The molecule has 4 rings (SSSR count). The third kappa shape index (κ3) is 7.54. The number of urea groups is 1. The first kappa shape index (κ1) is 31.6. The summed E-state index contributed by atoms with van der Waals surface area (Å²) in [5, 5.41) is 12.7. The monoisotopic (exact) mass is 614 g/mol. The van der Waals surface area contributed by atoms with Crippen LogP contribution in [0.25, 0.3) is 0 Å². The van der Waals surface area contributed by atoms with Gasteiger partial charge in [0.25, 0.3) is 15.9 Å². The molecule has 0 spiro atoms. The zero-order valence-corrected chi connectivity index (χ0v) is 25.1. The molecule has 0 saturated heterocycles. The fraction of sp³-hybridized carbons (Fsp3) is 0.333. The molecule has 3 amide bonds. The highest BCUT2D eigenvalue weighted by molar-refractivity contribution is 7.92. The predicted molar refractivity (Wildman–Crippen MR) is 159 cm³/mol. The van der Waals surface area contributed by atoms with Gasteiger partial charge in [0.05, 0.1) is 36.8 Å². The van der Waals surface area contributed by atoms with Crippen molar-refractivity contribution < 1.29 is 37.0 Å². The summed E-state index contributed by atoms with van der Waals surface area (Å²) in [6.45, 7) is 3.68. The van der Waals surface area contributed by atoms with E-state index < -0.39 is 33.9 Å². The molecular weight excluding hydrogens is 579 g/mol. The third-order valence-corrected chi connectivity index (χ3v) is 8.58. The highest BCUT2D eigenvalue weighted by Crippen LogP contribution is 2.31. The molecule has 13 heteroatoms. The van der Waals surface area contributed by atoms with Crippen LogP contribution in [0.2, 0.25) is 0 Å². The van der Waals surface area contributed by atoms with Crippen molar-refractivity contribution in [2.45, 2.75) is 30.9 Å². The van der Waals surface area contributed by atoms with Gasteiger partial charge in [-0.1, -0.05) is 6.92 Å². The number of aliphatic hydroxyl groups is 1. The summed E-state index contributed by atoms with van der Waals surface area (Å²) in [5.41, 5.74) is 0.762. The number of carbonyl (C=O) groups is 2. The second-order valence-corrected chi connectivity index (χ2v) is 12.1. The highest BCUT2D eigenvalue weighted by atomic mass is 32.2. The van der Waals surface area contributed by atoms with Crippen LogP contribution in [0.4, 0.5) is 20.6 Å². The molecule has 3 atom stereocenters. The Hall–Kier alpha value is -4.36. The number of fused-ring (bicyclic) bond motifs is 1. The summed E-state index contributed by atoms with van der Waals surface area (Å²) in [6.07, 6.45) is -0.561. The number of rotatable bonds is 9. The van der Waals surface area contributed by atoms with Gasteiger partial charge in [-0.3, -0.25) is 9.52 Å². The summed E-state index contributed by atoms with van der Waals surface area (Å²) >= 11 is 0. The molecule has 1 aliphatic rings. The quantitative estimate of drug-likeness (QED) is 0.331. The van der Waals surface area contributed by atoms with E-state index in [1.54, 1.807) is 45.3 Å². The molecule has 0 unspecified atom stereocenters. The third-order valence-electron chi connectivity index (χ3n) is 7.18. The van der Waals surface area contributed by atoms with Gasteiger partial charge in [0, 0.05) is 30.9 Å². The molecule has 0 radical (unpaired) electrons. The molecule has 3 aromatic carbocycles. The Kier molecular flexibility index (Phi) is 9.77. The number of hydrogen-bond acceptors (Lipinski definition) is 7. The van der Waals surface area contributed by atoms with Gasteiger partial charge >= 0.3 is 6.03 Å². The minimum Gasteiger partial charge on any atom is -0.497 e. The van der Waals surface area contributed by atoms with Gasteiger partial charge in [-0.25, -0.2) is 17.6 Å². The van der Waals surface area contributed by atoms with Crippen molar-refractivity contribution in [2.75, 3.05) is 43.9 Å². The van der Waals surface area contributed by atoms with Crippen molar-refractivity contribution in [3.05, 3.63) is 78.1 Å². The van der Waals surface area contributed by atoms with Crippen LogP contribution in [0.5, 0.6) is 11.5 Å². The van der Waals surface area contributed by atoms with Gasteiger partial charge in [-0.2, -0.15) is 0 Å². The van der Waals surface area contributed by atoms with E-state index in [0.717, 1.165) is 24.3 Å². The summed E-state index contributed by atoms with van der Waals surface area (Å²) in [5.74, 6) is -0.419. The Balaban J connectivity index is 1.59. The van der Waals surface area contributed by atoms with E-state index in [4.69, 9.17) is 9.47 Å². The lowest BCUT2D eigenvalue weighted by molar-refractivity contribution is 0.0371. The molecule has 230 valence electrons. The lowest BCUT2D eigenvalue weighted by Crippen LogP contribution is -2.50. The van der Waals surface area contributed by atoms with Crippen LogP contribution >= 0.6 is 0 Å². The van der Waals surface area contributed by atoms with E-state index in [9.17, 15) is 27.5 Å². The molecule has 0 aromatic heterocycles. The molecule has 1 heterocycles. The Morgan fingerprint density at radius 1 is 1.14 bits per heavy atom. The minimum atomic E-state index is -4.08. The number of methoxy groups -OCH3 is 1. The van der Waals surface area contributed by atoms with E-state index in [-0.39, 0.29) is 53.5 Å². The summed E-state index contributed by atoms with van der Waals surface area (Å²) in [4.78, 5) is 29.5. The van der Waals surface area contributed by atoms with Crippen LogP contribution in [0.15, 0.2) is 71.6 Å². The molecule has 3 N–H and O–H groups in total. The average molecular weight is 615 g/mol. The summed E-state index contributed by atoms with van der Waals surface area (Å²) in [7, 11) is -0.900. The number of anilines is 2. The normalized spacial score (nSPS) is 17.5. The Labute approximate surface area is 250 Å². The second-order valence-electron chi connectivity index (χ2n) is 10.4. The lowest BCUT2D eigenvalue weighted by atomic mass is 9.99. The largest absolute Gasteiger partial charge is 0.497 e.